The van der Waals surface area contributed by atoms with Gasteiger partial charge in [-0.15, -0.1) is 0 Å². The highest BCUT2D eigenvalue weighted by atomic mass is 35.5. The maximum absolute atomic E-state index is 13.1. The molecule has 2 amide bonds. The first-order valence-corrected chi connectivity index (χ1v) is 12.9. The molecule has 0 unspecified atom stereocenters. The second kappa shape index (κ2) is 12.9. The number of nitrogens with zero attached hydrogens (tertiary/aromatic N) is 1. The Labute approximate surface area is 226 Å². The molecule has 0 spiro atoms. The quantitative estimate of drug-likeness (QED) is 0.288. The van der Waals surface area contributed by atoms with E-state index in [0.29, 0.717) is 39.2 Å². The number of ether oxygens (including phenoxy) is 1. The van der Waals surface area contributed by atoms with Crippen LogP contribution in [0.15, 0.2) is 64.7 Å². The summed E-state index contributed by atoms with van der Waals surface area (Å²) in [5, 5.41) is 6.65. The van der Waals surface area contributed by atoms with Crippen LogP contribution in [0.3, 0.4) is 0 Å². The topological polar surface area (TPSA) is 83.8 Å². The van der Waals surface area contributed by atoms with Crippen molar-refractivity contribution in [2.75, 3.05) is 39.4 Å². The van der Waals surface area contributed by atoms with Gasteiger partial charge in [0.1, 0.15) is 17.2 Å². The summed E-state index contributed by atoms with van der Waals surface area (Å²) in [6, 6.07) is 15.7. The number of benzene rings is 2. The molecule has 0 bridgehead atoms. The SMILES string of the molecule is Cc1ccc(C(=O)N/C(=C/c2ccc(-c3cc(Cl)ccc3Cl)o2)C(=O)NCCCN2CCOCC2)cc1. The predicted octanol–water partition coefficient (Wildman–Crippen LogP) is 5.17. The molecule has 9 heteroatoms. The number of morpholine rings is 1. The highest BCUT2D eigenvalue weighted by molar-refractivity contribution is 6.35. The number of halogens is 2. The van der Waals surface area contributed by atoms with Crippen LogP contribution in [0.4, 0.5) is 0 Å². The van der Waals surface area contributed by atoms with Crippen molar-refractivity contribution in [3.8, 4) is 11.3 Å². The van der Waals surface area contributed by atoms with E-state index < -0.39 is 5.91 Å². The fourth-order valence-electron chi connectivity index (χ4n) is 3.89. The van der Waals surface area contributed by atoms with Crippen molar-refractivity contribution in [1.29, 1.82) is 0 Å². The number of carbonyl (C=O) groups excluding carboxylic acids is 2. The van der Waals surface area contributed by atoms with Gasteiger partial charge in [-0.05, 0) is 62.4 Å². The number of aryl methyl sites for hydroxylation is 1. The van der Waals surface area contributed by atoms with E-state index in [9.17, 15) is 9.59 Å². The molecule has 0 radical (unpaired) electrons. The molecule has 1 aliphatic rings. The maximum atomic E-state index is 13.1. The molecular formula is C28H29Cl2N3O4. The molecule has 2 N–H and O–H groups in total. The molecule has 3 aromatic rings. The van der Waals surface area contributed by atoms with Gasteiger partial charge < -0.3 is 19.8 Å². The average Bonchev–Trinajstić information content (AvgIpc) is 3.37. The van der Waals surface area contributed by atoms with Crippen LogP contribution >= 0.6 is 23.2 Å². The number of hydrogen-bond donors (Lipinski definition) is 2. The summed E-state index contributed by atoms with van der Waals surface area (Å²) in [5.74, 6) is 0.0863. The maximum Gasteiger partial charge on any atom is 0.267 e. The number of hydrogen-bond acceptors (Lipinski definition) is 5. The van der Waals surface area contributed by atoms with Crippen molar-refractivity contribution >= 4 is 41.1 Å². The molecule has 4 rings (SSSR count). The van der Waals surface area contributed by atoms with Gasteiger partial charge in [-0.2, -0.15) is 0 Å². The Morgan fingerprint density at radius 1 is 1.03 bits per heavy atom. The summed E-state index contributed by atoms with van der Waals surface area (Å²) in [7, 11) is 0. The van der Waals surface area contributed by atoms with E-state index in [1.165, 1.54) is 6.08 Å². The number of furan rings is 1. The Morgan fingerprint density at radius 2 is 1.78 bits per heavy atom. The first-order chi connectivity index (χ1) is 17.9. The van der Waals surface area contributed by atoms with E-state index in [-0.39, 0.29) is 11.6 Å². The van der Waals surface area contributed by atoms with Gasteiger partial charge in [-0.25, -0.2) is 0 Å². The Morgan fingerprint density at radius 3 is 2.54 bits per heavy atom. The first-order valence-electron chi connectivity index (χ1n) is 12.1. The first kappa shape index (κ1) is 26.9. The largest absolute Gasteiger partial charge is 0.457 e. The summed E-state index contributed by atoms with van der Waals surface area (Å²) < 4.78 is 11.3. The van der Waals surface area contributed by atoms with E-state index in [1.807, 2.05) is 19.1 Å². The van der Waals surface area contributed by atoms with Gasteiger partial charge in [0.2, 0.25) is 0 Å². The fourth-order valence-corrected chi connectivity index (χ4v) is 4.27. The molecular weight excluding hydrogens is 513 g/mol. The van der Waals surface area contributed by atoms with Crippen LogP contribution in [-0.2, 0) is 9.53 Å². The Hall–Kier alpha value is -3.10. The van der Waals surface area contributed by atoms with Gasteiger partial charge >= 0.3 is 0 Å². The Bertz CT molecular complexity index is 1260. The van der Waals surface area contributed by atoms with E-state index in [1.54, 1.807) is 42.5 Å². The van der Waals surface area contributed by atoms with Crippen molar-refractivity contribution in [3.63, 3.8) is 0 Å². The van der Waals surface area contributed by atoms with E-state index in [0.717, 1.165) is 44.8 Å². The lowest BCUT2D eigenvalue weighted by molar-refractivity contribution is -0.117. The smallest absolute Gasteiger partial charge is 0.267 e. The highest BCUT2D eigenvalue weighted by Crippen LogP contribution is 2.32. The standard InChI is InChI=1S/C28H29Cl2N3O4/c1-19-3-5-20(6-4-19)27(34)32-25(28(35)31-11-2-12-33-13-15-36-16-14-33)18-22-8-10-26(37-22)23-17-21(29)7-9-24(23)30/h3-10,17-18H,2,11-16H2,1H3,(H,31,35)(H,32,34)/b25-18+. The van der Waals surface area contributed by atoms with Crippen LogP contribution in [0.2, 0.25) is 10.0 Å². The van der Waals surface area contributed by atoms with Crippen LogP contribution in [0, 0.1) is 6.92 Å². The molecule has 2 heterocycles. The van der Waals surface area contributed by atoms with E-state index in [2.05, 4.69) is 15.5 Å². The minimum atomic E-state index is -0.402. The zero-order valence-electron chi connectivity index (χ0n) is 20.6. The summed E-state index contributed by atoms with van der Waals surface area (Å²) in [5.41, 5.74) is 2.19. The third-order valence-corrected chi connectivity index (χ3v) is 6.52. The number of amides is 2. The van der Waals surface area contributed by atoms with Gasteiger partial charge in [0.05, 0.1) is 18.2 Å². The molecule has 7 nitrogen and oxygen atoms in total. The molecule has 1 fully saturated rings. The number of rotatable bonds is 9. The van der Waals surface area contributed by atoms with E-state index in [4.69, 9.17) is 32.4 Å². The molecule has 0 atom stereocenters. The summed E-state index contributed by atoms with van der Waals surface area (Å²) in [6.45, 7) is 6.52. The van der Waals surface area contributed by atoms with Crippen molar-refractivity contribution in [2.24, 2.45) is 0 Å². The average molecular weight is 542 g/mol. The molecule has 0 saturated carbocycles. The Kier molecular flexibility index (Phi) is 9.41. The van der Waals surface area contributed by atoms with E-state index >= 15 is 0 Å². The summed E-state index contributed by atoms with van der Waals surface area (Å²) >= 11 is 12.4. The summed E-state index contributed by atoms with van der Waals surface area (Å²) in [6.07, 6.45) is 2.29. The van der Waals surface area contributed by atoms with Gasteiger partial charge in [0, 0.05) is 41.9 Å². The molecule has 37 heavy (non-hydrogen) atoms. The molecule has 2 aromatic carbocycles. The van der Waals surface area contributed by atoms with Crippen LogP contribution in [-0.4, -0.2) is 56.1 Å². The predicted molar refractivity (Wildman–Crippen MR) is 146 cm³/mol. The third-order valence-electron chi connectivity index (χ3n) is 5.95. The molecule has 0 aliphatic carbocycles. The molecule has 1 aromatic heterocycles. The van der Waals surface area contributed by atoms with Crippen molar-refractivity contribution in [1.82, 2.24) is 15.5 Å². The van der Waals surface area contributed by atoms with Gasteiger partial charge in [0.25, 0.3) is 11.8 Å². The van der Waals surface area contributed by atoms with Crippen LogP contribution < -0.4 is 10.6 Å². The van der Waals surface area contributed by atoms with Gasteiger partial charge in [-0.1, -0.05) is 40.9 Å². The van der Waals surface area contributed by atoms with Crippen molar-refractivity contribution < 1.29 is 18.7 Å². The number of carbonyl (C=O) groups is 2. The summed E-state index contributed by atoms with van der Waals surface area (Å²) in [4.78, 5) is 28.3. The zero-order valence-corrected chi connectivity index (χ0v) is 22.1. The normalized spacial score (nSPS) is 14.4. The lowest BCUT2D eigenvalue weighted by Crippen LogP contribution is -2.39. The lowest BCUT2D eigenvalue weighted by atomic mass is 10.1. The zero-order chi connectivity index (χ0) is 26.2. The third kappa shape index (κ3) is 7.69. The second-order valence-corrected chi connectivity index (χ2v) is 9.61. The van der Waals surface area contributed by atoms with Crippen LogP contribution in [0.1, 0.15) is 28.1 Å². The molecule has 1 aliphatic heterocycles. The Balaban J connectivity index is 1.49. The van der Waals surface area contributed by atoms with Crippen LogP contribution in [0.25, 0.3) is 17.4 Å². The van der Waals surface area contributed by atoms with Crippen molar-refractivity contribution in [2.45, 2.75) is 13.3 Å². The molecule has 1 saturated heterocycles. The van der Waals surface area contributed by atoms with Crippen molar-refractivity contribution in [3.05, 3.63) is 87.2 Å². The van der Waals surface area contributed by atoms with Crippen LogP contribution in [0.5, 0.6) is 0 Å². The fraction of sp³-hybridized carbons (Fsp3) is 0.286. The second-order valence-electron chi connectivity index (χ2n) is 8.77. The molecule has 194 valence electrons. The minimum absolute atomic E-state index is 0.0787. The lowest BCUT2D eigenvalue weighted by Gasteiger charge is -2.26. The highest BCUT2D eigenvalue weighted by Gasteiger charge is 2.17. The minimum Gasteiger partial charge on any atom is -0.457 e. The monoisotopic (exact) mass is 541 g/mol. The van der Waals surface area contributed by atoms with Gasteiger partial charge in [0.15, 0.2) is 0 Å². The van der Waals surface area contributed by atoms with Gasteiger partial charge in [-0.3, -0.25) is 14.5 Å². The number of nitrogens with one attached hydrogen (secondary N) is 2.